The first-order chi connectivity index (χ1) is 9.77. The van der Waals surface area contributed by atoms with Crippen molar-refractivity contribution in [1.82, 2.24) is 0 Å². The summed E-state index contributed by atoms with van der Waals surface area (Å²) in [7, 11) is -3.78. The number of halogens is 1. The van der Waals surface area contributed by atoms with Gasteiger partial charge in [0.2, 0.25) is 10.0 Å². The number of benzene rings is 2. The Labute approximate surface area is 126 Å². The molecule has 21 heavy (non-hydrogen) atoms. The van der Waals surface area contributed by atoms with Gasteiger partial charge in [-0.15, -0.1) is 0 Å². The maximum atomic E-state index is 12.0. The SMILES string of the molecule is NS(=O)(=O)c1ccc(NC(=O)c2ccc(Cl)cc2O)cc1. The Morgan fingerprint density at radius 2 is 1.76 bits per heavy atom. The van der Waals surface area contributed by atoms with Crippen molar-refractivity contribution in [2.24, 2.45) is 5.14 Å². The standard InChI is InChI=1S/C13H11ClN2O4S/c14-8-1-6-11(12(17)7-8)13(18)16-9-2-4-10(5-3-9)21(15,19)20/h1-7,17H,(H,16,18)(H2,15,19,20). The zero-order chi connectivity index (χ0) is 15.6. The number of carbonyl (C=O) groups excluding carboxylic acids is 1. The lowest BCUT2D eigenvalue weighted by Crippen LogP contribution is -2.14. The molecule has 0 aliphatic carbocycles. The van der Waals surface area contributed by atoms with E-state index < -0.39 is 15.9 Å². The maximum absolute atomic E-state index is 12.0. The van der Waals surface area contributed by atoms with Gasteiger partial charge in [0.15, 0.2) is 0 Å². The zero-order valence-electron chi connectivity index (χ0n) is 10.6. The Bertz CT molecular complexity index is 788. The molecule has 0 aliphatic heterocycles. The monoisotopic (exact) mass is 326 g/mol. The molecule has 0 fully saturated rings. The molecule has 2 rings (SSSR count). The summed E-state index contributed by atoms with van der Waals surface area (Å²) in [6.45, 7) is 0. The van der Waals surface area contributed by atoms with Gasteiger partial charge in [0, 0.05) is 10.7 Å². The predicted molar refractivity (Wildman–Crippen MR) is 78.9 cm³/mol. The van der Waals surface area contributed by atoms with Gasteiger partial charge in [0.25, 0.3) is 5.91 Å². The molecule has 2 aromatic carbocycles. The molecule has 0 saturated heterocycles. The lowest BCUT2D eigenvalue weighted by molar-refractivity contribution is 0.102. The Morgan fingerprint density at radius 1 is 1.14 bits per heavy atom. The number of primary sulfonamides is 1. The summed E-state index contributed by atoms with van der Waals surface area (Å²) in [4.78, 5) is 11.9. The van der Waals surface area contributed by atoms with Gasteiger partial charge in [0.1, 0.15) is 5.75 Å². The van der Waals surface area contributed by atoms with Crippen molar-refractivity contribution in [3.05, 3.63) is 53.1 Å². The van der Waals surface area contributed by atoms with Gasteiger partial charge in [-0.05, 0) is 42.5 Å². The van der Waals surface area contributed by atoms with Gasteiger partial charge in [-0.2, -0.15) is 0 Å². The Hall–Kier alpha value is -2.09. The highest BCUT2D eigenvalue weighted by molar-refractivity contribution is 7.89. The van der Waals surface area contributed by atoms with Crippen LogP contribution in [0.25, 0.3) is 0 Å². The summed E-state index contributed by atoms with van der Waals surface area (Å²) in [5, 5.41) is 17.4. The third-order valence-electron chi connectivity index (χ3n) is 2.65. The number of nitrogens with one attached hydrogen (secondary N) is 1. The molecule has 0 heterocycles. The summed E-state index contributed by atoms with van der Waals surface area (Å²) in [6, 6.07) is 9.43. The van der Waals surface area contributed by atoms with Crippen molar-refractivity contribution in [1.29, 1.82) is 0 Å². The molecule has 0 bridgehead atoms. The second-order valence-electron chi connectivity index (χ2n) is 4.18. The number of hydrogen-bond donors (Lipinski definition) is 3. The first-order valence-electron chi connectivity index (χ1n) is 5.70. The van der Waals surface area contributed by atoms with Gasteiger partial charge >= 0.3 is 0 Å². The van der Waals surface area contributed by atoms with Gasteiger partial charge in [-0.3, -0.25) is 4.79 Å². The Kier molecular flexibility index (Phi) is 4.17. The number of carbonyl (C=O) groups is 1. The van der Waals surface area contributed by atoms with Gasteiger partial charge < -0.3 is 10.4 Å². The highest BCUT2D eigenvalue weighted by atomic mass is 35.5. The van der Waals surface area contributed by atoms with Crippen LogP contribution in [0.15, 0.2) is 47.4 Å². The summed E-state index contributed by atoms with van der Waals surface area (Å²) in [5.74, 6) is -0.798. The van der Waals surface area contributed by atoms with Crippen LogP contribution in [0.4, 0.5) is 5.69 Å². The van der Waals surface area contributed by atoms with Crippen molar-refractivity contribution < 1.29 is 18.3 Å². The average molecular weight is 327 g/mol. The number of nitrogens with two attached hydrogens (primary N) is 1. The van der Waals surface area contributed by atoms with E-state index in [1.807, 2.05) is 0 Å². The van der Waals surface area contributed by atoms with E-state index in [4.69, 9.17) is 16.7 Å². The van der Waals surface area contributed by atoms with E-state index in [1.54, 1.807) is 0 Å². The number of amides is 1. The number of anilines is 1. The van der Waals surface area contributed by atoms with E-state index in [-0.39, 0.29) is 16.2 Å². The van der Waals surface area contributed by atoms with Crippen LogP contribution in [-0.2, 0) is 10.0 Å². The smallest absolute Gasteiger partial charge is 0.259 e. The lowest BCUT2D eigenvalue weighted by Gasteiger charge is -2.07. The van der Waals surface area contributed by atoms with Crippen LogP contribution in [-0.4, -0.2) is 19.4 Å². The Balaban J connectivity index is 2.20. The minimum absolute atomic E-state index is 0.0509. The van der Waals surface area contributed by atoms with Crippen molar-refractivity contribution in [3.8, 4) is 5.75 Å². The number of rotatable bonds is 3. The van der Waals surface area contributed by atoms with E-state index in [1.165, 1.54) is 42.5 Å². The molecular weight excluding hydrogens is 316 g/mol. The average Bonchev–Trinajstić information content (AvgIpc) is 2.38. The van der Waals surface area contributed by atoms with Gasteiger partial charge in [-0.25, -0.2) is 13.6 Å². The topological polar surface area (TPSA) is 109 Å². The van der Waals surface area contributed by atoms with E-state index in [0.29, 0.717) is 10.7 Å². The van der Waals surface area contributed by atoms with Crippen LogP contribution in [0.5, 0.6) is 5.75 Å². The van der Waals surface area contributed by atoms with E-state index in [9.17, 15) is 18.3 Å². The molecule has 0 radical (unpaired) electrons. The molecule has 6 nitrogen and oxygen atoms in total. The third-order valence-corrected chi connectivity index (χ3v) is 3.81. The minimum atomic E-state index is -3.78. The van der Waals surface area contributed by atoms with Crippen molar-refractivity contribution in [3.63, 3.8) is 0 Å². The minimum Gasteiger partial charge on any atom is -0.507 e. The number of sulfonamides is 1. The number of phenolic OH excluding ortho intramolecular Hbond substituents is 1. The highest BCUT2D eigenvalue weighted by Gasteiger charge is 2.12. The Morgan fingerprint density at radius 3 is 2.29 bits per heavy atom. The fourth-order valence-corrected chi connectivity index (χ4v) is 2.30. The second kappa shape index (κ2) is 5.72. The quantitative estimate of drug-likeness (QED) is 0.800. The molecule has 2 aromatic rings. The molecule has 0 saturated carbocycles. The first-order valence-corrected chi connectivity index (χ1v) is 7.62. The fraction of sp³-hybridized carbons (Fsp3) is 0. The van der Waals surface area contributed by atoms with Crippen LogP contribution >= 0.6 is 11.6 Å². The molecule has 110 valence electrons. The van der Waals surface area contributed by atoms with Crippen LogP contribution in [0.2, 0.25) is 5.02 Å². The van der Waals surface area contributed by atoms with Crippen LogP contribution in [0.3, 0.4) is 0 Å². The summed E-state index contributed by atoms with van der Waals surface area (Å²) in [6.07, 6.45) is 0. The summed E-state index contributed by atoms with van der Waals surface area (Å²) >= 11 is 5.68. The molecule has 8 heteroatoms. The second-order valence-corrected chi connectivity index (χ2v) is 6.18. The molecule has 1 amide bonds. The molecular formula is C13H11ClN2O4S. The van der Waals surface area contributed by atoms with Gasteiger partial charge in [-0.1, -0.05) is 11.6 Å². The summed E-state index contributed by atoms with van der Waals surface area (Å²) < 4.78 is 22.2. The van der Waals surface area contributed by atoms with E-state index in [0.717, 1.165) is 0 Å². The van der Waals surface area contributed by atoms with Crippen LogP contribution < -0.4 is 10.5 Å². The molecule has 0 spiro atoms. The molecule has 0 aliphatic rings. The van der Waals surface area contributed by atoms with E-state index >= 15 is 0 Å². The molecule has 4 N–H and O–H groups in total. The maximum Gasteiger partial charge on any atom is 0.259 e. The lowest BCUT2D eigenvalue weighted by atomic mass is 10.2. The van der Waals surface area contributed by atoms with Crippen LogP contribution in [0, 0.1) is 0 Å². The summed E-state index contributed by atoms with van der Waals surface area (Å²) in [5.41, 5.74) is 0.414. The predicted octanol–water partition coefficient (Wildman–Crippen LogP) is 1.95. The highest BCUT2D eigenvalue weighted by Crippen LogP contribution is 2.23. The third kappa shape index (κ3) is 3.72. The van der Waals surface area contributed by atoms with Crippen molar-refractivity contribution >= 4 is 33.2 Å². The fourth-order valence-electron chi connectivity index (χ4n) is 1.62. The zero-order valence-corrected chi connectivity index (χ0v) is 12.1. The van der Waals surface area contributed by atoms with Crippen LogP contribution in [0.1, 0.15) is 10.4 Å². The number of hydrogen-bond acceptors (Lipinski definition) is 4. The normalized spacial score (nSPS) is 11.1. The van der Waals surface area contributed by atoms with E-state index in [2.05, 4.69) is 5.32 Å². The molecule has 0 atom stereocenters. The molecule has 0 aromatic heterocycles. The van der Waals surface area contributed by atoms with Gasteiger partial charge in [0.05, 0.1) is 10.5 Å². The first kappa shape index (κ1) is 15.3. The molecule has 0 unspecified atom stereocenters. The largest absolute Gasteiger partial charge is 0.507 e. The number of aromatic hydroxyl groups is 1. The van der Waals surface area contributed by atoms with Crippen molar-refractivity contribution in [2.75, 3.05) is 5.32 Å². The number of phenols is 1. The van der Waals surface area contributed by atoms with Crippen molar-refractivity contribution in [2.45, 2.75) is 4.90 Å².